The van der Waals surface area contributed by atoms with Crippen LogP contribution in [0.1, 0.15) is 36.2 Å². The highest BCUT2D eigenvalue weighted by molar-refractivity contribution is 6.03. The van der Waals surface area contributed by atoms with Crippen LogP contribution in [0.15, 0.2) is 103 Å². The molecule has 3 heteroatoms. The molecule has 1 aliphatic rings. The maximum Gasteiger partial charge on any atom is 0.160 e. The van der Waals surface area contributed by atoms with Crippen LogP contribution < -0.4 is 0 Å². The van der Waals surface area contributed by atoms with E-state index < -0.39 is 0 Å². The van der Waals surface area contributed by atoms with E-state index in [2.05, 4.69) is 140 Å². The standard InChI is InChI=1S/C36H29N3/c1-22-11-5-7-13-26(22)35-23(2)38(34-19-25-18-17-24-12-6-10-16-32(24)39(25)37-34)33-21-28-27-14-8-9-15-30(27)36(3,4)31(28)20-29(33)35/h5-21H,1-4H3. The lowest BCUT2D eigenvalue weighted by Gasteiger charge is -2.21. The van der Waals surface area contributed by atoms with Gasteiger partial charge in [-0.1, -0.05) is 86.6 Å². The van der Waals surface area contributed by atoms with Crippen LogP contribution in [0.2, 0.25) is 0 Å². The summed E-state index contributed by atoms with van der Waals surface area (Å²) in [6.07, 6.45) is 0. The number of para-hydroxylation sites is 1. The van der Waals surface area contributed by atoms with Gasteiger partial charge in [0.2, 0.25) is 0 Å². The summed E-state index contributed by atoms with van der Waals surface area (Å²) < 4.78 is 4.45. The van der Waals surface area contributed by atoms with Gasteiger partial charge in [-0.3, -0.25) is 4.57 Å². The molecule has 39 heavy (non-hydrogen) atoms. The van der Waals surface area contributed by atoms with E-state index in [0.29, 0.717) is 0 Å². The molecule has 0 aliphatic heterocycles. The van der Waals surface area contributed by atoms with E-state index in [4.69, 9.17) is 5.10 Å². The third-order valence-corrected chi connectivity index (χ3v) is 8.87. The van der Waals surface area contributed by atoms with Crippen molar-refractivity contribution >= 4 is 27.3 Å². The normalized spacial score (nSPS) is 13.8. The Bertz CT molecular complexity index is 2120. The average Bonchev–Trinajstić information content (AvgIpc) is 3.56. The fraction of sp³-hybridized carbons (Fsp3) is 0.139. The number of hydrogen-bond acceptors (Lipinski definition) is 1. The predicted molar refractivity (Wildman–Crippen MR) is 162 cm³/mol. The largest absolute Gasteiger partial charge is 0.296 e. The zero-order valence-electron chi connectivity index (χ0n) is 22.7. The van der Waals surface area contributed by atoms with Crippen molar-refractivity contribution in [3.8, 4) is 28.1 Å². The Hall–Kier alpha value is -4.63. The molecule has 0 bridgehead atoms. The zero-order chi connectivity index (χ0) is 26.5. The first-order valence-corrected chi connectivity index (χ1v) is 13.7. The Labute approximate surface area is 228 Å². The number of fused-ring (bicyclic) bond motifs is 7. The molecule has 4 aromatic carbocycles. The van der Waals surface area contributed by atoms with Crippen LogP contribution in [0.25, 0.3) is 55.4 Å². The van der Waals surface area contributed by atoms with Gasteiger partial charge in [-0.2, -0.15) is 0 Å². The van der Waals surface area contributed by atoms with Crippen LogP contribution in [-0.2, 0) is 5.41 Å². The third kappa shape index (κ3) is 2.96. The lowest BCUT2D eigenvalue weighted by Crippen LogP contribution is -2.14. The molecule has 0 radical (unpaired) electrons. The monoisotopic (exact) mass is 503 g/mol. The second-order valence-corrected chi connectivity index (χ2v) is 11.4. The Balaban J connectivity index is 1.50. The van der Waals surface area contributed by atoms with Crippen molar-refractivity contribution in [2.24, 2.45) is 0 Å². The molecule has 0 amide bonds. The molecule has 0 atom stereocenters. The molecule has 0 spiro atoms. The number of aryl methyl sites for hydroxylation is 1. The molecule has 0 fully saturated rings. The van der Waals surface area contributed by atoms with Gasteiger partial charge in [0.15, 0.2) is 5.82 Å². The van der Waals surface area contributed by atoms with E-state index in [9.17, 15) is 0 Å². The SMILES string of the molecule is Cc1ccccc1-c1c(C)n(-c2cc3ccc4ccccc4n3n2)c2cc3c(cc12)C(C)(C)c1ccccc1-3. The summed E-state index contributed by atoms with van der Waals surface area (Å²) in [6.45, 7) is 9.16. The van der Waals surface area contributed by atoms with Crippen molar-refractivity contribution in [1.29, 1.82) is 0 Å². The molecule has 1 aliphatic carbocycles. The van der Waals surface area contributed by atoms with E-state index in [0.717, 1.165) is 16.9 Å². The van der Waals surface area contributed by atoms with Crippen LogP contribution in [-0.4, -0.2) is 14.2 Å². The molecule has 0 saturated heterocycles. The highest BCUT2D eigenvalue weighted by Gasteiger charge is 2.36. The summed E-state index contributed by atoms with van der Waals surface area (Å²) in [7, 11) is 0. The van der Waals surface area contributed by atoms with Gasteiger partial charge >= 0.3 is 0 Å². The van der Waals surface area contributed by atoms with Gasteiger partial charge in [0.25, 0.3) is 0 Å². The Morgan fingerprint density at radius 2 is 1.38 bits per heavy atom. The van der Waals surface area contributed by atoms with Crippen molar-refractivity contribution in [3.63, 3.8) is 0 Å². The van der Waals surface area contributed by atoms with Crippen LogP contribution in [0.3, 0.4) is 0 Å². The van der Waals surface area contributed by atoms with Crippen molar-refractivity contribution in [2.75, 3.05) is 0 Å². The quantitative estimate of drug-likeness (QED) is 0.231. The Morgan fingerprint density at radius 3 is 2.23 bits per heavy atom. The molecule has 7 aromatic rings. The molecule has 188 valence electrons. The van der Waals surface area contributed by atoms with Crippen molar-refractivity contribution in [3.05, 3.63) is 126 Å². The molecule has 3 heterocycles. The number of pyridine rings is 1. The first-order valence-electron chi connectivity index (χ1n) is 13.7. The van der Waals surface area contributed by atoms with Crippen LogP contribution in [0, 0.1) is 13.8 Å². The maximum atomic E-state index is 5.20. The molecule has 8 rings (SSSR count). The summed E-state index contributed by atoms with van der Waals surface area (Å²) in [5, 5.41) is 7.66. The van der Waals surface area contributed by atoms with Gasteiger partial charge in [-0.05, 0) is 71.5 Å². The van der Waals surface area contributed by atoms with Crippen molar-refractivity contribution < 1.29 is 0 Å². The van der Waals surface area contributed by atoms with E-state index in [1.165, 1.54) is 60.9 Å². The molecule has 3 nitrogen and oxygen atoms in total. The number of rotatable bonds is 2. The number of aromatic nitrogens is 3. The molecule has 0 unspecified atom stereocenters. The summed E-state index contributed by atoms with van der Waals surface area (Å²) in [5.74, 6) is 0.944. The van der Waals surface area contributed by atoms with Gasteiger partial charge in [0.05, 0.1) is 16.6 Å². The molecular weight excluding hydrogens is 474 g/mol. The lowest BCUT2D eigenvalue weighted by atomic mass is 9.82. The van der Waals surface area contributed by atoms with Gasteiger partial charge in [-0.25, -0.2) is 4.52 Å². The molecule has 0 saturated carbocycles. The summed E-state index contributed by atoms with van der Waals surface area (Å²) >= 11 is 0. The first-order chi connectivity index (χ1) is 18.9. The molecule has 3 aromatic heterocycles. The summed E-state index contributed by atoms with van der Waals surface area (Å²) in [5.41, 5.74) is 13.9. The van der Waals surface area contributed by atoms with E-state index in [-0.39, 0.29) is 5.41 Å². The van der Waals surface area contributed by atoms with Gasteiger partial charge < -0.3 is 0 Å². The van der Waals surface area contributed by atoms with E-state index in [1.807, 2.05) is 0 Å². The van der Waals surface area contributed by atoms with Crippen molar-refractivity contribution in [2.45, 2.75) is 33.1 Å². The highest BCUT2D eigenvalue weighted by atomic mass is 15.3. The summed E-state index contributed by atoms with van der Waals surface area (Å²) in [6, 6.07) is 37.5. The second kappa shape index (κ2) is 7.70. The van der Waals surface area contributed by atoms with Crippen LogP contribution in [0.4, 0.5) is 0 Å². The minimum Gasteiger partial charge on any atom is -0.296 e. The molecular formula is C36H29N3. The van der Waals surface area contributed by atoms with E-state index in [1.54, 1.807) is 0 Å². The van der Waals surface area contributed by atoms with Crippen LogP contribution in [0.5, 0.6) is 0 Å². The van der Waals surface area contributed by atoms with Gasteiger partial charge in [0.1, 0.15) is 0 Å². The minimum absolute atomic E-state index is 0.0544. The Kier molecular flexibility index (Phi) is 4.42. The maximum absolute atomic E-state index is 5.20. The number of hydrogen-bond donors (Lipinski definition) is 0. The smallest absolute Gasteiger partial charge is 0.160 e. The number of benzene rings is 4. The second-order valence-electron chi connectivity index (χ2n) is 11.4. The minimum atomic E-state index is -0.0544. The fourth-order valence-electron chi connectivity index (χ4n) is 6.90. The van der Waals surface area contributed by atoms with Crippen molar-refractivity contribution in [1.82, 2.24) is 14.2 Å². The summed E-state index contributed by atoms with van der Waals surface area (Å²) in [4.78, 5) is 0. The lowest BCUT2D eigenvalue weighted by molar-refractivity contribution is 0.661. The Morgan fingerprint density at radius 1 is 0.641 bits per heavy atom. The fourth-order valence-corrected chi connectivity index (χ4v) is 6.90. The first kappa shape index (κ1) is 22.4. The van der Waals surface area contributed by atoms with Crippen LogP contribution >= 0.6 is 0 Å². The molecule has 0 N–H and O–H groups in total. The third-order valence-electron chi connectivity index (χ3n) is 8.87. The van der Waals surface area contributed by atoms with E-state index >= 15 is 0 Å². The highest BCUT2D eigenvalue weighted by Crippen LogP contribution is 2.51. The number of nitrogens with zero attached hydrogens (tertiary/aromatic N) is 3. The van der Waals surface area contributed by atoms with Gasteiger partial charge in [-0.15, -0.1) is 5.10 Å². The van der Waals surface area contributed by atoms with Gasteiger partial charge in [0, 0.05) is 33.5 Å². The zero-order valence-corrected chi connectivity index (χ0v) is 22.7. The predicted octanol–water partition coefficient (Wildman–Crippen LogP) is 9.02. The topological polar surface area (TPSA) is 22.2 Å². The average molecular weight is 504 g/mol.